The van der Waals surface area contributed by atoms with Crippen molar-refractivity contribution in [3.63, 3.8) is 0 Å². The largest absolute Gasteiger partial charge is 0.348 e. The van der Waals surface area contributed by atoms with Gasteiger partial charge in [-0.15, -0.1) is 0 Å². The topological polar surface area (TPSA) is 32.3 Å². The summed E-state index contributed by atoms with van der Waals surface area (Å²) >= 11 is 0. The lowest BCUT2D eigenvalue weighted by atomic mass is 9.99. The molecule has 2 aromatic carbocycles. The highest BCUT2D eigenvalue weighted by atomic mass is 19.1. The molecule has 3 rings (SSSR count). The highest BCUT2D eigenvalue weighted by molar-refractivity contribution is 5.78. The van der Waals surface area contributed by atoms with Crippen LogP contribution in [0, 0.1) is 5.82 Å². The Morgan fingerprint density at radius 2 is 1.92 bits per heavy atom. The van der Waals surface area contributed by atoms with Gasteiger partial charge in [-0.2, -0.15) is 0 Å². The second-order valence-electron chi connectivity index (χ2n) is 6.47. The Kier molecular flexibility index (Phi) is 5.26. The van der Waals surface area contributed by atoms with Gasteiger partial charge in [0.15, 0.2) is 0 Å². The van der Waals surface area contributed by atoms with E-state index in [1.165, 1.54) is 17.7 Å². The van der Waals surface area contributed by atoms with Crippen LogP contribution in [0.1, 0.15) is 36.4 Å². The summed E-state index contributed by atoms with van der Waals surface area (Å²) in [6.07, 6.45) is 1.09. The first-order valence-corrected chi connectivity index (χ1v) is 8.44. The molecule has 0 saturated carbocycles. The number of carbonyl (C=O) groups is 1. The zero-order valence-electron chi connectivity index (χ0n) is 13.9. The van der Waals surface area contributed by atoms with E-state index in [9.17, 15) is 9.18 Å². The van der Waals surface area contributed by atoms with Gasteiger partial charge in [0.05, 0.1) is 12.6 Å². The summed E-state index contributed by atoms with van der Waals surface area (Å²) in [6.45, 7) is 4.19. The van der Waals surface area contributed by atoms with Crippen molar-refractivity contribution in [2.45, 2.75) is 25.3 Å². The predicted octanol–water partition coefficient (Wildman–Crippen LogP) is 3.49. The molecule has 0 bridgehead atoms. The Morgan fingerprint density at radius 3 is 2.62 bits per heavy atom. The van der Waals surface area contributed by atoms with Gasteiger partial charge in [-0.25, -0.2) is 4.39 Å². The number of carbonyl (C=O) groups excluding carboxylic acids is 1. The third-order valence-corrected chi connectivity index (χ3v) is 4.66. The van der Waals surface area contributed by atoms with Gasteiger partial charge in [0.25, 0.3) is 0 Å². The number of nitrogens with zero attached hydrogens (tertiary/aromatic N) is 1. The lowest BCUT2D eigenvalue weighted by Gasteiger charge is -2.19. The van der Waals surface area contributed by atoms with Crippen LogP contribution in [0.3, 0.4) is 0 Å². The Labute approximate surface area is 142 Å². The molecule has 2 aromatic rings. The Balaban J connectivity index is 1.49. The van der Waals surface area contributed by atoms with Crippen LogP contribution in [0.25, 0.3) is 0 Å². The maximum atomic E-state index is 13.0. The monoisotopic (exact) mass is 326 g/mol. The average molecular weight is 326 g/mol. The van der Waals surface area contributed by atoms with Crippen LogP contribution in [0.15, 0.2) is 54.6 Å². The van der Waals surface area contributed by atoms with Crippen molar-refractivity contribution in [2.24, 2.45) is 0 Å². The SMILES string of the molecule is C[C@@H](NC(=O)CN1CC[C@H](c2ccccc2)C1)c1ccc(F)cc1. The number of hydrogen-bond acceptors (Lipinski definition) is 2. The van der Waals surface area contributed by atoms with Crippen LogP contribution in [0.4, 0.5) is 4.39 Å². The Hall–Kier alpha value is -2.20. The average Bonchev–Trinajstić information content (AvgIpc) is 3.04. The van der Waals surface area contributed by atoms with Gasteiger partial charge in [0.1, 0.15) is 5.82 Å². The molecule has 2 atom stereocenters. The van der Waals surface area contributed by atoms with Crippen LogP contribution in [-0.4, -0.2) is 30.4 Å². The summed E-state index contributed by atoms with van der Waals surface area (Å²) in [5.41, 5.74) is 2.26. The van der Waals surface area contributed by atoms with Gasteiger partial charge < -0.3 is 5.32 Å². The molecule has 126 valence electrons. The molecule has 24 heavy (non-hydrogen) atoms. The summed E-state index contributed by atoms with van der Waals surface area (Å²) in [6, 6.07) is 16.6. The first-order chi connectivity index (χ1) is 11.6. The molecule has 1 heterocycles. The highest BCUT2D eigenvalue weighted by Gasteiger charge is 2.25. The number of halogens is 1. The summed E-state index contributed by atoms with van der Waals surface area (Å²) in [5, 5.41) is 2.99. The first-order valence-electron chi connectivity index (χ1n) is 8.44. The van der Waals surface area contributed by atoms with Crippen molar-refractivity contribution in [3.8, 4) is 0 Å². The minimum atomic E-state index is -0.263. The van der Waals surface area contributed by atoms with E-state index >= 15 is 0 Å². The van der Waals surface area contributed by atoms with E-state index in [0.29, 0.717) is 12.5 Å². The zero-order valence-corrected chi connectivity index (χ0v) is 13.9. The number of hydrogen-bond donors (Lipinski definition) is 1. The van der Waals surface area contributed by atoms with Crippen LogP contribution in [0.5, 0.6) is 0 Å². The van der Waals surface area contributed by atoms with Crippen molar-refractivity contribution in [1.29, 1.82) is 0 Å². The van der Waals surface area contributed by atoms with E-state index in [0.717, 1.165) is 25.1 Å². The zero-order chi connectivity index (χ0) is 16.9. The minimum Gasteiger partial charge on any atom is -0.348 e. The minimum absolute atomic E-state index is 0.0144. The van der Waals surface area contributed by atoms with Crippen molar-refractivity contribution < 1.29 is 9.18 Å². The van der Waals surface area contributed by atoms with Crippen molar-refractivity contribution in [2.75, 3.05) is 19.6 Å². The molecule has 1 saturated heterocycles. The van der Waals surface area contributed by atoms with E-state index in [1.807, 2.05) is 13.0 Å². The summed E-state index contributed by atoms with van der Waals surface area (Å²) < 4.78 is 13.0. The van der Waals surface area contributed by atoms with E-state index in [2.05, 4.69) is 34.5 Å². The second kappa shape index (κ2) is 7.58. The molecule has 1 aliphatic heterocycles. The molecule has 4 heteroatoms. The first kappa shape index (κ1) is 16.7. The molecule has 0 spiro atoms. The molecule has 0 aromatic heterocycles. The molecule has 1 amide bonds. The third-order valence-electron chi connectivity index (χ3n) is 4.66. The number of rotatable bonds is 5. The Morgan fingerprint density at radius 1 is 1.21 bits per heavy atom. The van der Waals surface area contributed by atoms with Crippen molar-refractivity contribution >= 4 is 5.91 Å². The standard InChI is InChI=1S/C20H23FN2O/c1-15(16-7-9-19(21)10-8-16)22-20(24)14-23-12-11-18(13-23)17-5-3-2-4-6-17/h2-10,15,18H,11-14H2,1H3,(H,22,24)/t15-,18+/m1/s1. The lowest BCUT2D eigenvalue weighted by Crippen LogP contribution is -2.37. The second-order valence-corrected chi connectivity index (χ2v) is 6.47. The fourth-order valence-electron chi connectivity index (χ4n) is 3.30. The van der Waals surface area contributed by atoms with E-state index in [4.69, 9.17) is 0 Å². The van der Waals surface area contributed by atoms with Crippen molar-refractivity contribution in [1.82, 2.24) is 10.2 Å². The summed E-state index contributed by atoms with van der Waals surface area (Å²) in [7, 11) is 0. The maximum Gasteiger partial charge on any atom is 0.234 e. The molecule has 3 nitrogen and oxygen atoms in total. The molecule has 0 aliphatic carbocycles. The molecule has 1 N–H and O–H groups in total. The predicted molar refractivity (Wildman–Crippen MR) is 93.2 cm³/mol. The van der Waals surface area contributed by atoms with Crippen LogP contribution >= 0.6 is 0 Å². The summed E-state index contributed by atoms with van der Waals surface area (Å²) in [5.74, 6) is 0.260. The molecule has 1 aliphatic rings. The number of likely N-dealkylation sites (tertiary alicyclic amines) is 1. The van der Waals surface area contributed by atoms with Gasteiger partial charge >= 0.3 is 0 Å². The van der Waals surface area contributed by atoms with Gasteiger partial charge in [-0.3, -0.25) is 9.69 Å². The molecule has 0 unspecified atom stereocenters. The van der Waals surface area contributed by atoms with Gasteiger partial charge in [-0.05, 0) is 49.1 Å². The maximum absolute atomic E-state index is 13.0. The number of nitrogens with one attached hydrogen (secondary N) is 1. The quantitative estimate of drug-likeness (QED) is 0.912. The van der Waals surface area contributed by atoms with E-state index in [1.54, 1.807) is 12.1 Å². The fourth-order valence-corrected chi connectivity index (χ4v) is 3.30. The molecular formula is C20H23FN2O. The summed E-state index contributed by atoms with van der Waals surface area (Å²) in [4.78, 5) is 14.5. The Bertz CT molecular complexity index is 672. The van der Waals surface area contributed by atoms with Crippen molar-refractivity contribution in [3.05, 3.63) is 71.5 Å². The van der Waals surface area contributed by atoms with Crippen LogP contribution in [-0.2, 0) is 4.79 Å². The van der Waals surface area contributed by atoms with Gasteiger partial charge in [-0.1, -0.05) is 42.5 Å². The van der Waals surface area contributed by atoms with E-state index in [-0.39, 0.29) is 17.8 Å². The van der Waals surface area contributed by atoms with Crippen LogP contribution in [0.2, 0.25) is 0 Å². The fraction of sp³-hybridized carbons (Fsp3) is 0.350. The van der Waals surface area contributed by atoms with E-state index < -0.39 is 0 Å². The van der Waals surface area contributed by atoms with Gasteiger partial charge in [0, 0.05) is 6.54 Å². The normalized spacial score (nSPS) is 19.2. The van der Waals surface area contributed by atoms with Gasteiger partial charge in [0.2, 0.25) is 5.91 Å². The molecule has 0 radical (unpaired) electrons. The smallest absolute Gasteiger partial charge is 0.234 e. The molecule has 1 fully saturated rings. The lowest BCUT2D eigenvalue weighted by molar-refractivity contribution is -0.122. The number of benzene rings is 2. The third kappa shape index (κ3) is 4.20. The highest BCUT2D eigenvalue weighted by Crippen LogP contribution is 2.26. The van der Waals surface area contributed by atoms with Crippen LogP contribution < -0.4 is 5.32 Å². The number of amides is 1. The molecular weight excluding hydrogens is 303 g/mol.